The lowest BCUT2D eigenvalue weighted by atomic mass is 10.1. The van der Waals surface area contributed by atoms with Crippen molar-refractivity contribution in [3.8, 4) is 0 Å². The maximum atomic E-state index is 8.57. The Labute approximate surface area is 117 Å². The molecule has 0 unspecified atom stereocenters. The van der Waals surface area contributed by atoms with Gasteiger partial charge in [0.05, 0.1) is 0 Å². The summed E-state index contributed by atoms with van der Waals surface area (Å²) in [5.41, 5.74) is 0. The quantitative estimate of drug-likeness (QED) is 0.306. The number of aliphatic hydroxyl groups is 3. The van der Waals surface area contributed by atoms with E-state index in [4.69, 9.17) is 20.1 Å². The van der Waals surface area contributed by atoms with Crippen LogP contribution in [0.25, 0.3) is 0 Å². The molecule has 118 valence electrons. The Morgan fingerprint density at radius 3 is 1.58 bits per heavy atom. The third-order valence-corrected chi connectivity index (χ3v) is 2.94. The first-order chi connectivity index (χ1) is 8.56. The molecule has 0 saturated carbocycles. The molecule has 0 radical (unpaired) electrons. The third-order valence-electron chi connectivity index (χ3n) is 2.94. The molecule has 5 heteroatoms. The van der Waals surface area contributed by atoms with E-state index in [-0.39, 0.29) is 6.15 Å². The zero-order chi connectivity index (χ0) is 13.7. The number of hydrogen-bond acceptors (Lipinski definition) is 5. The van der Waals surface area contributed by atoms with Crippen LogP contribution in [0.3, 0.4) is 0 Å². The first-order valence-electron chi connectivity index (χ1n) is 7.31. The molecule has 0 aromatic carbocycles. The molecule has 0 saturated heterocycles. The van der Waals surface area contributed by atoms with Gasteiger partial charge >= 0.3 is 0 Å². The van der Waals surface area contributed by atoms with Crippen molar-refractivity contribution >= 4 is 0 Å². The minimum atomic E-state index is -2.68. The summed E-state index contributed by atoms with van der Waals surface area (Å²) in [5, 5.41) is 25.7. The molecule has 19 heavy (non-hydrogen) atoms. The monoisotopic (exact) mass is 279 g/mol. The number of unbranched alkanes of at least 4 members (excludes halogenated alkanes) is 9. The summed E-state index contributed by atoms with van der Waals surface area (Å²) >= 11 is 0. The second-order valence-electron chi connectivity index (χ2n) is 5.01. The summed E-state index contributed by atoms with van der Waals surface area (Å²) in [4.78, 5) is 0. The second kappa shape index (κ2) is 14.2. The normalized spacial score (nSPS) is 11.4. The van der Waals surface area contributed by atoms with Crippen LogP contribution in [-0.4, -0.2) is 34.5 Å². The van der Waals surface area contributed by atoms with E-state index < -0.39 is 12.6 Å². The second-order valence-corrected chi connectivity index (χ2v) is 5.01. The lowest BCUT2D eigenvalue weighted by Gasteiger charge is -2.13. The predicted molar refractivity (Wildman–Crippen MR) is 77.1 cm³/mol. The van der Waals surface area contributed by atoms with Gasteiger partial charge in [-0.2, -0.15) is 0 Å². The minimum absolute atomic E-state index is 0. The molecule has 0 heterocycles. The molecule has 0 bridgehead atoms. The smallest absolute Gasteiger partial charge is 0.300 e. The van der Waals surface area contributed by atoms with Gasteiger partial charge in [0, 0.05) is 6.61 Å². The highest BCUT2D eigenvalue weighted by molar-refractivity contribution is 4.48. The molecular formula is C14H33NO4. The topological polar surface area (TPSA) is 105 Å². The Hall–Kier alpha value is -0.200. The van der Waals surface area contributed by atoms with Crippen molar-refractivity contribution in [3.63, 3.8) is 0 Å². The molecule has 5 nitrogen and oxygen atoms in total. The largest absolute Gasteiger partial charge is 0.373 e. The van der Waals surface area contributed by atoms with Gasteiger partial charge in [0.2, 0.25) is 0 Å². The van der Waals surface area contributed by atoms with Crippen LogP contribution in [0.4, 0.5) is 0 Å². The Kier molecular flexibility index (Phi) is 15.8. The van der Waals surface area contributed by atoms with Crippen molar-refractivity contribution in [2.75, 3.05) is 13.2 Å². The van der Waals surface area contributed by atoms with E-state index in [1.54, 1.807) is 0 Å². The molecule has 0 aliphatic rings. The number of ether oxygens (including phenoxy) is 1. The van der Waals surface area contributed by atoms with Crippen LogP contribution in [-0.2, 0) is 4.74 Å². The number of hydrogen-bond donors (Lipinski definition) is 4. The lowest BCUT2D eigenvalue weighted by molar-refractivity contribution is -0.331. The van der Waals surface area contributed by atoms with E-state index in [2.05, 4.69) is 6.92 Å². The highest BCUT2D eigenvalue weighted by Gasteiger charge is 2.17. The van der Waals surface area contributed by atoms with Gasteiger partial charge in [0.1, 0.15) is 6.61 Å². The Morgan fingerprint density at radius 2 is 1.16 bits per heavy atom. The van der Waals surface area contributed by atoms with Crippen LogP contribution in [0.5, 0.6) is 0 Å². The van der Waals surface area contributed by atoms with E-state index in [0.29, 0.717) is 6.61 Å². The van der Waals surface area contributed by atoms with Gasteiger partial charge in [-0.3, -0.25) is 0 Å². The molecule has 6 N–H and O–H groups in total. The van der Waals surface area contributed by atoms with Crippen LogP contribution in [0, 0.1) is 0 Å². The van der Waals surface area contributed by atoms with Crippen molar-refractivity contribution in [3.05, 3.63) is 0 Å². The zero-order valence-corrected chi connectivity index (χ0v) is 12.4. The fraction of sp³-hybridized carbons (Fsp3) is 1.00. The SMILES string of the molecule is CCCCCCCCCCCCOCC(O)(O)O.N. The van der Waals surface area contributed by atoms with Gasteiger partial charge < -0.3 is 26.2 Å². The predicted octanol–water partition coefficient (Wildman–Crippen LogP) is 2.72. The van der Waals surface area contributed by atoms with Crippen molar-refractivity contribution in [1.82, 2.24) is 6.15 Å². The summed E-state index contributed by atoms with van der Waals surface area (Å²) in [6.45, 7) is 2.26. The van der Waals surface area contributed by atoms with Gasteiger partial charge in [0.25, 0.3) is 5.97 Å². The first kappa shape index (κ1) is 21.1. The van der Waals surface area contributed by atoms with Crippen LogP contribution in [0.1, 0.15) is 71.1 Å². The maximum Gasteiger partial charge on any atom is 0.300 e. The van der Waals surface area contributed by atoms with Crippen molar-refractivity contribution in [2.24, 2.45) is 0 Å². The fourth-order valence-corrected chi connectivity index (χ4v) is 1.90. The van der Waals surface area contributed by atoms with Gasteiger partial charge in [0.15, 0.2) is 0 Å². The standard InChI is InChI=1S/C14H30O4.H3N/c1-2-3-4-5-6-7-8-9-10-11-12-18-13-14(15,16)17;/h15-17H,2-13H2,1H3;1H3. The van der Waals surface area contributed by atoms with E-state index in [9.17, 15) is 0 Å². The Morgan fingerprint density at radius 1 is 0.737 bits per heavy atom. The average Bonchev–Trinajstić information content (AvgIpc) is 2.29. The van der Waals surface area contributed by atoms with Crippen LogP contribution < -0.4 is 6.15 Å². The average molecular weight is 279 g/mol. The highest BCUT2D eigenvalue weighted by Crippen LogP contribution is 2.10. The summed E-state index contributed by atoms with van der Waals surface area (Å²) in [6.07, 6.45) is 12.6. The molecule has 0 aromatic rings. The Bertz CT molecular complexity index is 171. The molecule has 0 aliphatic heterocycles. The molecule has 0 amide bonds. The van der Waals surface area contributed by atoms with Crippen LogP contribution >= 0.6 is 0 Å². The molecule has 0 aliphatic carbocycles. The molecular weight excluding hydrogens is 246 g/mol. The van der Waals surface area contributed by atoms with E-state index in [1.165, 1.54) is 51.4 Å². The maximum absolute atomic E-state index is 8.57. The molecule has 0 aromatic heterocycles. The van der Waals surface area contributed by atoms with Gasteiger partial charge in [-0.1, -0.05) is 64.7 Å². The molecule has 0 fully saturated rings. The van der Waals surface area contributed by atoms with E-state index in [0.717, 1.165) is 12.8 Å². The number of rotatable bonds is 13. The molecule has 0 spiro atoms. The summed E-state index contributed by atoms with van der Waals surface area (Å²) in [5.74, 6) is -2.68. The minimum Gasteiger partial charge on any atom is -0.373 e. The van der Waals surface area contributed by atoms with Crippen LogP contribution in [0.15, 0.2) is 0 Å². The first-order valence-corrected chi connectivity index (χ1v) is 7.31. The summed E-state index contributed by atoms with van der Waals surface area (Å²) in [7, 11) is 0. The fourth-order valence-electron chi connectivity index (χ4n) is 1.90. The van der Waals surface area contributed by atoms with E-state index in [1.807, 2.05) is 0 Å². The van der Waals surface area contributed by atoms with E-state index >= 15 is 0 Å². The van der Waals surface area contributed by atoms with Crippen molar-refractivity contribution in [1.29, 1.82) is 0 Å². The highest BCUT2D eigenvalue weighted by atomic mass is 16.7. The lowest BCUT2D eigenvalue weighted by Crippen LogP contribution is -2.33. The summed E-state index contributed by atoms with van der Waals surface area (Å²) in [6, 6.07) is 0. The Balaban J connectivity index is 0. The van der Waals surface area contributed by atoms with Crippen LogP contribution in [0.2, 0.25) is 0 Å². The third kappa shape index (κ3) is 20.3. The molecule has 0 rings (SSSR count). The molecule has 0 atom stereocenters. The van der Waals surface area contributed by atoms with Crippen molar-refractivity contribution < 1.29 is 20.1 Å². The summed E-state index contributed by atoms with van der Waals surface area (Å²) < 4.78 is 4.92. The zero-order valence-electron chi connectivity index (χ0n) is 12.4. The van der Waals surface area contributed by atoms with Gasteiger partial charge in [-0.25, -0.2) is 0 Å². The van der Waals surface area contributed by atoms with Gasteiger partial charge in [-0.15, -0.1) is 0 Å². The van der Waals surface area contributed by atoms with Crippen molar-refractivity contribution in [2.45, 2.75) is 77.1 Å². The van der Waals surface area contributed by atoms with Gasteiger partial charge in [-0.05, 0) is 6.42 Å².